The van der Waals surface area contributed by atoms with Gasteiger partial charge in [0.1, 0.15) is 0 Å². The molecule has 0 radical (unpaired) electrons. The molecule has 1 atom stereocenters. The van der Waals surface area contributed by atoms with E-state index < -0.39 is 10.0 Å². The van der Waals surface area contributed by atoms with Gasteiger partial charge in [-0.05, 0) is 40.7 Å². The topological polar surface area (TPSA) is 49.4 Å². The molecule has 1 heterocycles. The molecular formula is C10H22N2O2S. The molecule has 15 heavy (non-hydrogen) atoms. The molecule has 0 bridgehead atoms. The molecule has 1 saturated heterocycles. The third-order valence-corrected chi connectivity index (χ3v) is 4.77. The number of nitrogens with zero attached hydrogens (tertiary/aromatic N) is 1. The molecule has 0 saturated carbocycles. The van der Waals surface area contributed by atoms with Crippen LogP contribution in [-0.2, 0) is 10.0 Å². The van der Waals surface area contributed by atoms with Gasteiger partial charge in [0, 0.05) is 18.1 Å². The van der Waals surface area contributed by atoms with Gasteiger partial charge in [0.05, 0.1) is 5.75 Å². The highest BCUT2D eigenvalue weighted by molar-refractivity contribution is 7.89. The van der Waals surface area contributed by atoms with Crippen molar-refractivity contribution < 1.29 is 8.42 Å². The maximum atomic E-state index is 12.0. The van der Waals surface area contributed by atoms with E-state index in [0.717, 1.165) is 6.54 Å². The molecule has 0 aromatic rings. The van der Waals surface area contributed by atoms with Gasteiger partial charge < -0.3 is 5.32 Å². The van der Waals surface area contributed by atoms with Crippen LogP contribution in [0.2, 0.25) is 0 Å². The van der Waals surface area contributed by atoms with E-state index >= 15 is 0 Å². The lowest BCUT2D eigenvalue weighted by atomic mass is 10.1. The Kier molecular flexibility index (Phi) is 3.79. The molecule has 4 nitrogen and oxygen atoms in total. The van der Waals surface area contributed by atoms with Crippen molar-refractivity contribution in [3.8, 4) is 0 Å². The molecule has 1 N–H and O–H groups in total. The third kappa shape index (κ3) is 3.43. The predicted octanol–water partition coefficient (Wildman–Crippen LogP) is 0.798. The second-order valence-corrected chi connectivity index (χ2v) is 7.24. The Bertz CT molecular complexity index is 306. The van der Waals surface area contributed by atoms with Crippen LogP contribution in [0.5, 0.6) is 0 Å². The zero-order chi connectivity index (χ0) is 11.7. The van der Waals surface area contributed by atoms with E-state index in [4.69, 9.17) is 0 Å². The van der Waals surface area contributed by atoms with Crippen LogP contribution in [-0.4, -0.2) is 43.1 Å². The van der Waals surface area contributed by atoms with Gasteiger partial charge in [0.15, 0.2) is 0 Å². The summed E-state index contributed by atoms with van der Waals surface area (Å²) in [6.07, 6.45) is 0.694. The molecule has 0 aromatic carbocycles. The lowest BCUT2D eigenvalue weighted by Gasteiger charge is -2.37. The largest absolute Gasteiger partial charge is 0.313 e. The van der Waals surface area contributed by atoms with Crippen LogP contribution < -0.4 is 5.32 Å². The summed E-state index contributed by atoms with van der Waals surface area (Å²) in [6, 6.07) is 0.222. The van der Waals surface area contributed by atoms with Crippen molar-refractivity contribution in [2.75, 3.05) is 18.8 Å². The zero-order valence-electron chi connectivity index (χ0n) is 10.1. The van der Waals surface area contributed by atoms with E-state index in [-0.39, 0.29) is 17.3 Å². The van der Waals surface area contributed by atoms with Crippen molar-refractivity contribution in [2.24, 2.45) is 0 Å². The lowest BCUT2D eigenvalue weighted by molar-refractivity contribution is 0.226. The zero-order valence-corrected chi connectivity index (χ0v) is 10.9. The van der Waals surface area contributed by atoms with Crippen molar-refractivity contribution in [2.45, 2.75) is 45.7 Å². The summed E-state index contributed by atoms with van der Waals surface area (Å²) in [5, 5.41) is 3.32. The summed E-state index contributed by atoms with van der Waals surface area (Å²) in [6.45, 7) is 9.21. The van der Waals surface area contributed by atoms with Gasteiger partial charge in [-0.2, -0.15) is 4.31 Å². The highest BCUT2D eigenvalue weighted by Gasteiger charge is 2.34. The number of sulfonamides is 1. The Morgan fingerprint density at radius 1 is 1.33 bits per heavy atom. The van der Waals surface area contributed by atoms with Crippen LogP contribution in [0.4, 0.5) is 0 Å². The highest BCUT2D eigenvalue weighted by atomic mass is 32.2. The molecule has 90 valence electrons. The summed E-state index contributed by atoms with van der Waals surface area (Å²) < 4.78 is 25.7. The van der Waals surface area contributed by atoms with Crippen LogP contribution in [0.15, 0.2) is 0 Å². The standard InChI is InChI=1S/C10H22N2O2S/c1-9-8-12(10(2,3)4)15(13,14)7-5-6-11-9/h9,11H,5-8H2,1-4H3. The minimum Gasteiger partial charge on any atom is -0.313 e. The number of nitrogens with one attached hydrogen (secondary N) is 1. The molecule has 1 unspecified atom stereocenters. The van der Waals surface area contributed by atoms with Crippen molar-refractivity contribution in [1.82, 2.24) is 9.62 Å². The van der Waals surface area contributed by atoms with E-state index in [9.17, 15) is 8.42 Å². The first-order valence-electron chi connectivity index (χ1n) is 5.47. The van der Waals surface area contributed by atoms with Crippen LogP contribution in [0.25, 0.3) is 0 Å². The fourth-order valence-corrected chi connectivity index (χ4v) is 3.85. The van der Waals surface area contributed by atoms with Crippen LogP contribution in [0.3, 0.4) is 0 Å². The van der Waals surface area contributed by atoms with Gasteiger partial charge in [0.25, 0.3) is 0 Å². The lowest BCUT2D eigenvalue weighted by Crippen LogP contribution is -2.53. The molecule has 0 aromatic heterocycles. The molecule has 0 amide bonds. The van der Waals surface area contributed by atoms with E-state index in [2.05, 4.69) is 5.32 Å². The van der Waals surface area contributed by atoms with Crippen LogP contribution >= 0.6 is 0 Å². The summed E-state index contributed by atoms with van der Waals surface area (Å²) in [5.74, 6) is 0.254. The number of hydrogen-bond donors (Lipinski definition) is 1. The SMILES string of the molecule is CC1CN(C(C)(C)C)S(=O)(=O)CCCN1. The minimum atomic E-state index is -3.08. The summed E-state index contributed by atoms with van der Waals surface area (Å²) >= 11 is 0. The van der Waals surface area contributed by atoms with Gasteiger partial charge in [-0.15, -0.1) is 0 Å². The maximum absolute atomic E-state index is 12.0. The predicted molar refractivity (Wildman–Crippen MR) is 62.3 cm³/mol. The highest BCUT2D eigenvalue weighted by Crippen LogP contribution is 2.20. The van der Waals surface area contributed by atoms with Gasteiger partial charge in [-0.25, -0.2) is 8.42 Å². The fraction of sp³-hybridized carbons (Fsp3) is 1.00. The van der Waals surface area contributed by atoms with Gasteiger partial charge in [-0.1, -0.05) is 0 Å². The first-order chi connectivity index (χ1) is 6.73. The normalized spacial score (nSPS) is 29.5. The Labute approximate surface area is 93.1 Å². The van der Waals surface area contributed by atoms with Gasteiger partial charge in [-0.3, -0.25) is 0 Å². The van der Waals surface area contributed by atoms with Crippen LogP contribution in [0, 0.1) is 0 Å². The fourth-order valence-electron chi connectivity index (χ4n) is 1.83. The van der Waals surface area contributed by atoms with Crippen molar-refractivity contribution in [1.29, 1.82) is 0 Å². The van der Waals surface area contributed by atoms with E-state index in [0.29, 0.717) is 13.0 Å². The molecule has 0 spiro atoms. The Morgan fingerprint density at radius 2 is 1.93 bits per heavy atom. The Morgan fingerprint density at radius 3 is 2.47 bits per heavy atom. The molecule has 1 fully saturated rings. The molecule has 5 heteroatoms. The van der Waals surface area contributed by atoms with E-state index in [1.807, 2.05) is 27.7 Å². The van der Waals surface area contributed by atoms with Crippen molar-refractivity contribution in [3.05, 3.63) is 0 Å². The average molecular weight is 234 g/mol. The second-order valence-electron chi connectivity index (χ2n) is 5.23. The number of rotatable bonds is 0. The van der Waals surface area contributed by atoms with Crippen LogP contribution in [0.1, 0.15) is 34.1 Å². The van der Waals surface area contributed by atoms with Crippen molar-refractivity contribution in [3.63, 3.8) is 0 Å². The van der Waals surface area contributed by atoms with E-state index in [1.54, 1.807) is 4.31 Å². The third-order valence-electron chi connectivity index (χ3n) is 2.60. The summed E-state index contributed by atoms with van der Waals surface area (Å²) in [7, 11) is -3.08. The van der Waals surface area contributed by atoms with Gasteiger partial charge >= 0.3 is 0 Å². The van der Waals surface area contributed by atoms with Gasteiger partial charge in [0.2, 0.25) is 10.0 Å². The molecule has 1 aliphatic heterocycles. The molecule has 1 rings (SSSR count). The van der Waals surface area contributed by atoms with E-state index in [1.165, 1.54) is 0 Å². The first-order valence-corrected chi connectivity index (χ1v) is 7.08. The summed E-state index contributed by atoms with van der Waals surface area (Å²) in [4.78, 5) is 0. The molecular weight excluding hydrogens is 212 g/mol. The molecule has 1 aliphatic rings. The monoisotopic (exact) mass is 234 g/mol. The first kappa shape index (κ1) is 12.9. The average Bonchev–Trinajstić information content (AvgIpc) is 2.04. The van der Waals surface area contributed by atoms with Crippen molar-refractivity contribution >= 4 is 10.0 Å². The Balaban J connectivity index is 2.94. The summed E-state index contributed by atoms with van der Waals surface area (Å²) in [5.41, 5.74) is -0.327. The Hall–Kier alpha value is -0.130. The maximum Gasteiger partial charge on any atom is 0.214 e. The number of hydrogen-bond acceptors (Lipinski definition) is 3. The minimum absolute atomic E-state index is 0.222. The molecule has 0 aliphatic carbocycles. The smallest absolute Gasteiger partial charge is 0.214 e. The quantitative estimate of drug-likeness (QED) is 0.674. The second kappa shape index (κ2) is 4.39.